The molecule has 7 nitrogen and oxygen atoms in total. The smallest absolute Gasteiger partial charge is 0.266 e. The highest BCUT2D eigenvalue weighted by Gasteiger charge is 2.14. The molecule has 0 bridgehead atoms. The topological polar surface area (TPSA) is 81.5 Å². The average molecular weight is 426 g/mol. The summed E-state index contributed by atoms with van der Waals surface area (Å²) < 4.78 is 26.9. The molecule has 0 amide bonds. The van der Waals surface area contributed by atoms with Gasteiger partial charge in [0.25, 0.3) is 5.56 Å². The number of hydrogen-bond donors (Lipinski definition) is 1. The van der Waals surface area contributed by atoms with E-state index in [1.54, 1.807) is 25.3 Å². The summed E-state index contributed by atoms with van der Waals surface area (Å²) in [5.74, 6) is 1.65. The van der Waals surface area contributed by atoms with Gasteiger partial charge in [0.15, 0.2) is 28.1 Å². The lowest BCUT2D eigenvalue weighted by Gasteiger charge is -2.11. The fourth-order valence-corrected chi connectivity index (χ4v) is 3.69. The molecule has 0 aliphatic heterocycles. The number of aryl methyl sites for hydroxylation is 1. The first-order valence-electron chi connectivity index (χ1n) is 9.20. The van der Waals surface area contributed by atoms with E-state index in [1.807, 2.05) is 25.1 Å². The predicted molar refractivity (Wildman–Crippen MR) is 113 cm³/mol. The minimum atomic E-state index is -0.425. The summed E-state index contributed by atoms with van der Waals surface area (Å²) in [4.78, 5) is 20.6. The standard InChI is InChI=1S/C21H19FN4O3S/c1-13-7-8-16(17(11-13)28-2)29-9-10-30-21-24-20(14-5-3-4-6-15(14)22)23-18-12-19(27)25-26(18)21/h3-8,11-12H,9-10H2,1-2H3,(H,25,27). The Morgan fingerprint density at radius 3 is 2.77 bits per heavy atom. The van der Waals surface area contributed by atoms with Gasteiger partial charge >= 0.3 is 0 Å². The van der Waals surface area contributed by atoms with E-state index in [4.69, 9.17) is 9.47 Å². The van der Waals surface area contributed by atoms with Crippen LogP contribution in [-0.2, 0) is 0 Å². The van der Waals surface area contributed by atoms with Gasteiger partial charge in [0.1, 0.15) is 5.82 Å². The maximum atomic E-state index is 14.2. The van der Waals surface area contributed by atoms with Gasteiger partial charge in [0.05, 0.1) is 19.3 Å². The SMILES string of the molecule is COc1cc(C)ccc1OCCSc1nc(-c2ccccc2F)nc2cc(=O)[nH]n12. The van der Waals surface area contributed by atoms with Crippen LogP contribution in [0, 0.1) is 12.7 Å². The van der Waals surface area contributed by atoms with Gasteiger partial charge in [-0.3, -0.25) is 9.89 Å². The zero-order chi connectivity index (χ0) is 21.1. The lowest BCUT2D eigenvalue weighted by molar-refractivity contribution is 0.313. The predicted octanol–water partition coefficient (Wildman–Crippen LogP) is 3.71. The molecule has 0 radical (unpaired) electrons. The van der Waals surface area contributed by atoms with Crippen molar-refractivity contribution in [3.63, 3.8) is 0 Å². The highest BCUT2D eigenvalue weighted by molar-refractivity contribution is 7.99. The van der Waals surface area contributed by atoms with E-state index < -0.39 is 5.82 Å². The quantitative estimate of drug-likeness (QED) is 0.358. The number of aromatic nitrogens is 4. The first-order valence-corrected chi connectivity index (χ1v) is 10.2. The van der Waals surface area contributed by atoms with E-state index in [9.17, 15) is 9.18 Å². The van der Waals surface area contributed by atoms with Crippen LogP contribution >= 0.6 is 11.8 Å². The van der Waals surface area contributed by atoms with Crippen molar-refractivity contribution >= 4 is 17.4 Å². The van der Waals surface area contributed by atoms with Crippen molar-refractivity contribution in [3.8, 4) is 22.9 Å². The van der Waals surface area contributed by atoms with Crippen LogP contribution in [0.3, 0.4) is 0 Å². The molecule has 0 fully saturated rings. The molecule has 0 spiro atoms. The summed E-state index contributed by atoms with van der Waals surface area (Å²) in [6.45, 7) is 2.36. The van der Waals surface area contributed by atoms with Gasteiger partial charge < -0.3 is 9.47 Å². The number of H-pyrrole nitrogens is 1. The Labute approximate surface area is 175 Å². The molecule has 4 aromatic rings. The van der Waals surface area contributed by atoms with Crippen molar-refractivity contribution in [2.24, 2.45) is 0 Å². The van der Waals surface area contributed by atoms with Crippen molar-refractivity contribution in [2.75, 3.05) is 19.5 Å². The third-order valence-corrected chi connectivity index (χ3v) is 5.23. The van der Waals surface area contributed by atoms with Crippen LogP contribution in [0.5, 0.6) is 11.5 Å². The Kier molecular flexibility index (Phi) is 5.71. The number of benzene rings is 2. The largest absolute Gasteiger partial charge is 0.493 e. The zero-order valence-electron chi connectivity index (χ0n) is 16.4. The number of aromatic amines is 1. The fourth-order valence-electron chi connectivity index (χ4n) is 2.92. The minimum absolute atomic E-state index is 0.218. The summed E-state index contributed by atoms with van der Waals surface area (Å²) in [7, 11) is 1.60. The maximum Gasteiger partial charge on any atom is 0.266 e. The summed E-state index contributed by atoms with van der Waals surface area (Å²) in [6, 6.07) is 13.3. The van der Waals surface area contributed by atoms with Crippen LogP contribution in [0.1, 0.15) is 5.56 Å². The van der Waals surface area contributed by atoms with Crippen molar-refractivity contribution in [1.82, 2.24) is 19.6 Å². The first-order chi connectivity index (χ1) is 14.5. The molecule has 0 atom stereocenters. The first kappa shape index (κ1) is 20.0. The van der Waals surface area contributed by atoms with Gasteiger partial charge in [-0.1, -0.05) is 30.0 Å². The minimum Gasteiger partial charge on any atom is -0.493 e. The van der Waals surface area contributed by atoms with Crippen molar-refractivity contribution < 1.29 is 13.9 Å². The van der Waals surface area contributed by atoms with Crippen LogP contribution in [0.4, 0.5) is 4.39 Å². The monoisotopic (exact) mass is 426 g/mol. The number of ether oxygens (including phenoxy) is 2. The fraction of sp³-hybridized carbons (Fsp3) is 0.190. The van der Waals surface area contributed by atoms with Crippen molar-refractivity contribution in [2.45, 2.75) is 12.1 Å². The van der Waals surface area contributed by atoms with Crippen LogP contribution in [0.15, 0.2) is 58.5 Å². The lowest BCUT2D eigenvalue weighted by Crippen LogP contribution is -2.07. The van der Waals surface area contributed by atoms with Crippen LogP contribution in [-0.4, -0.2) is 39.1 Å². The second kappa shape index (κ2) is 8.58. The highest BCUT2D eigenvalue weighted by atomic mass is 32.2. The van der Waals surface area contributed by atoms with Gasteiger partial charge in [0.2, 0.25) is 0 Å². The van der Waals surface area contributed by atoms with E-state index >= 15 is 0 Å². The van der Waals surface area contributed by atoms with Gasteiger partial charge in [-0.05, 0) is 36.8 Å². The summed E-state index contributed by atoms with van der Waals surface area (Å²) >= 11 is 1.37. The van der Waals surface area contributed by atoms with Gasteiger partial charge in [-0.15, -0.1) is 0 Å². The molecule has 0 saturated carbocycles. The van der Waals surface area contributed by atoms with E-state index in [-0.39, 0.29) is 16.9 Å². The molecule has 0 aliphatic carbocycles. The Bertz CT molecular complexity index is 1250. The molecule has 0 aliphatic rings. The Balaban J connectivity index is 1.55. The maximum absolute atomic E-state index is 14.2. The second-order valence-corrected chi connectivity index (χ2v) is 7.54. The number of halogens is 1. The van der Waals surface area contributed by atoms with Crippen LogP contribution in [0.2, 0.25) is 0 Å². The van der Waals surface area contributed by atoms with Crippen molar-refractivity contribution in [3.05, 3.63) is 70.3 Å². The molecule has 30 heavy (non-hydrogen) atoms. The molecule has 0 saturated heterocycles. The molecule has 2 aromatic heterocycles. The molecule has 4 rings (SSSR count). The molecule has 0 unspecified atom stereocenters. The third-order valence-electron chi connectivity index (χ3n) is 4.33. The number of fused-ring (bicyclic) bond motifs is 1. The van der Waals surface area contributed by atoms with Gasteiger partial charge in [0, 0.05) is 11.8 Å². The van der Waals surface area contributed by atoms with E-state index in [0.29, 0.717) is 34.7 Å². The Morgan fingerprint density at radius 1 is 1.13 bits per heavy atom. The molecule has 154 valence electrons. The molecule has 2 heterocycles. The number of hydrogen-bond acceptors (Lipinski definition) is 6. The van der Waals surface area contributed by atoms with Crippen LogP contribution in [0.25, 0.3) is 17.0 Å². The molecule has 9 heteroatoms. The Hall–Kier alpha value is -3.33. The number of thioether (sulfide) groups is 1. The normalized spacial score (nSPS) is 11.0. The van der Waals surface area contributed by atoms with E-state index in [1.165, 1.54) is 28.4 Å². The number of nitrogens with zero attached hydrogens (tertiary/aromatic N) is 3. The molecule has 2 aromatic carbocycles. The number of rotatable bonds is 7. The number of nitrogens with one attached hydrogen (secondary N) is 1. The molecule has 1 N–H and O–H groups in total. The number of methoxy groups -OCH3 is 1. The summed E-state index contributed by atoms with van der Waals surface area (Å²) in [5.41, 5.74) is 1.42. The zero-order valence-corrected chi connectivity index (χ0v) is 17.2. The second-order valence-electron chi connectivity index (χ2n) is 6.47. The molecular weight excluding hydrogens is 407 g/mol. The van der Waals surface area contributed by atoms with Crippen molar-refractivity contribution in [1.29, 1.82) is 0 Å². The highest BCUT2D eigenvalue weighted by Crippen LogP contribution is 2.28. The average Bonchev–Trinajstić information content (AvgIpc) is 3.12. The van der Waals surface area contributed by atoms with E-state index in [2.05, 4.69) is 15.1 Å². The van der Waals surface area contributed by atoms with Gasteiger partial charge in [-0.25, -0.2) is 18.9 Å². The third kappa shape index (κ3) is 4.16. The van der Waals surface area contributed by atoms with Gasteiger partial charge in [-0.2, -0.15) is 0 Å². The summed E-state index contributed by atoms with van der Waals surface area (Å²) in [6.07, 6.45) is 0. The molecular formula is C21H19FN4O3S. The summed E-state index contributed by atoms with van der Waals surface area (Å²) in [5, 5.41) is 3.15. The lowest BCUT2D eigenvalue weighted by atomic mass is 10.2. The van der Waals surface area contributed by atoms with Crippen LogP contribution < -0.4 is 15.0 Å². The van der Waals surface area contributed by atoms with E-state index in [0.717, 1.165) is 5.56 Å². The Morgan fingerprint density at radius 2 is 1.97 bits per heavy atom.